The molecule has 0 spiro atoms. The molecular weight excluding hydrogens is 401 g/mol. The number of anilines is 1. The molecule has 1 saturated heterocycles. The van der Waals surface area contributed by atoms with E-state index in [1.807, 2.05) is 4.57 Å². The third kappa shape index (κ3) is 2.74. The van der Waals surface area contributed by atoms with Gasteiger partial charge in [0.15, 0.2) is 0 Å². The Morgan fingerprint density at radius 2 is 2.00 bits per heavy atom. The maximum atomic E-state index is 13.4. The largest absolute Gasteiger partial charge is 0.419 e. The number of nitrogens with one attached hydrogen (secondary N) is 1. The van der Waals surface area contributed by atoms with Gasteiger partial charge in [-0.15, -0.1) is 0 Å². The Morgan fingerprint density at radius 1 is 1.24 bits per heavy atom. The van der Waals surface area contributed by atoms with Crippen LogP contribution in [-0.2, 0) is 6.18 Å². The molecular formula is C15H12BrF3N6. The van der Waals surface area contributed by atoms with Gasteiger partial charge in [0.05, 0.1) is 23.4 Å². The molecule has 1 aliphatic heterocycles. The SMILES string of the molecule is Nc1ncc(C(F)(F)F)c(-c2cn(C3CNC3)c3cnc(Br)cc23)n1. The molecule has 0 bridgehead atoms. The molecule has 3 N–H and O–H groups in total. The van der Waals surface area contributed by atoms with E-state index in [1.165, 1.54) is 0 Å². The fourth-order valence-corrected chi connectivity index (χ4v) is 3.22. The molecule has 0 aromatic carbocycles. The number of fused-ring (bicyclic) bond motifs is 1. The van der Waals surface area contributed by atoms with Crippen LogP contribution in [0.15, 0.2) is 29.3 Å². The average Bonchev–Trinajstić information content (AvgIpc) is 2.82. The third-order valence-corrected chi connectivity index (χ3v) is 4.64. The molecule has 0 atom stereocenters. The summed E-state index contributed by atoms with van der Waals surface area (Å²) in [6, 6.07) is 1.85. The molecule has 25 heavy (non-hydrogen) atoms. The van der Waals surface area contributed by atoms with E-state index < -0.39 is 11.7 Å². The van der Waals surface area contributed by atoms with E-state index in [2.05, 4.69) is 36.2 Å². The Hall–Kier alpha value is -2.20. The molecule has 4 rings (SSSR count). The fraction of sp³-hybridized carbons (Fsp3) is 0.267. The van der Waals surface area contributed by atoms with E-state index in [0.717, 1.165) is 24.8 Å². The van der Waals surface area contributed by atoms with Crippen molar-refractivity contribution in [1.82, 2.24) is 24.8 Å². The summed E-state index contributed by atoms with van der Waals surface area (Å²) in [5, 5.41) is 3.78. The molecule has 0 radical (unpaired) electrons. The summed E-state index contributed by atoms with van der Waals surface area (Å²) in [6.07, 6.45) is -0.540. The number of hydrogen-bond acceptors (Lipinski definition) is 5. The number of nitrogens with two attached hydrogens (primary N) is 1. The number of halogens is 4. The molecule has 4 heterocycles. The maximum absolute atomic E-state index is 13.4. The Bertz CT molecular complexity index is 964. The number of alkyl halides is 3. The first-order valence-corrected chi connectivity index (χ1v) is 8.21. The van der Waals surface area contributed by atoms with Crippen LogP contribution in [-0.4, -0.2) is 32.6 Å². The minimum Gasteiger partial charge on any atom is -0.368 e. The Kier molecular flexibility index (Phi) is 3.69. The second kappa shape index (κ2) is 5.67. The second-order valence-corrected chi connectivity index (χ2v) is 6.59. The van der Waals surface area contributed by atoms with E-state index in [-0.39, 0.29) is 17.7 Å². The molecule has 1 fully saturated rings. The van der Waals surface area contributed by atoms with Gasteiger partial charge in [-0.25, -0.2) is 15.0 Å². The Morgan fingerprint density at radius 3 is 2.64 bits per heavy atom. The number of rotatable bonds is 2. The highest BCUT2D eigenvalue weighted by molar-refractivity contribution is 9.10. The van der Waals surface area contributed by atoms with Crippen molar-refractivity contribution < 1.29 is 13.2 Å². The number of pyridine rings is 1. The van der Waals surface area contributed by atoms with Crippen molar-refractivity contribution in [2.75, 3.05) is 18.8 Å². The van der Waals surface area contributed by atoms with Gasteiger partial charge in [-0.3, -0.25) is 0 Å². The minimum absolute atomic E-state index is 0.160. The van der Waals surface area contributed by atoms with Crippen molar-refractivity contribution in [3.8, 4) is 11.3 Å². The fourth-order valence-electron chi connectivity index (χ4n) is 2.89. The molecule has 0 unspecified atom stereocenters. The van der Waals surface area contributed by atoms with Crippen LogP contribution in [0, 0.1) is 0 Å². The van der Waals surface area contributed by atoms with Gasteiger partial charge in [-0.2, -0.15) is 13.2 Å². The number of aromatic nitrogens is 4. The summed E-state index contributed by atoms with van der Waals surface area (Å²) in [5.74, 6) is -0.206. The molecule has 0 amide bonds. The van der Waals surface area contributed by atoms with Gasteiger partial charge >= 0.3 is 6.18 Å². The maximum Gasteiger partial charge on any atom is 0.419 e. The molecule has 3 aromatic heterocycles. The second-order valence-electron chi connectivity index (χ2n) is 5.77. The molecule has 1 aliphatic rings. The van der Waals surface area contributed by atoms with Crippen LogP contribution >= 0.6 is 15.9 Å². The van der Waals surface area contributed by atoms with Crippen molar-refractivity contribution in [2.24, 2.45) is 0 Å². The normalized spacial score (nSPS) is 15.5. The summed E-state index contributed by atoms with van der Waals surface area (Å²) < 4.78 is 42.7. The van der Waals surface area contributed by atoms with Crippen LogP contribution in [0.2, 0.25) is 0 Å². The highest BCUT2D eigenvalue weighted by Crippen LogP contribution is 2.40. The first-order valence-electron chi connectivity index (χ1n) is 7.41. The standard InChI is InChI=1S/C15H12BrF3N6/c16-12-1-8-9(6-25(7-2-21-3-7)11(8)5-22-12)13-10(15(17,18)19)4-23-14(20)24-13/h1,4-7,21H,2-3H2,(H2,20,23,24). The minimum atomic E-state index is -4.58. The third-order valence-electron chi connectivity index (χ3n) is 4.21. The molecule has 6 nitrogen and oxygen atoms in total. The molecule has 0 aliphatic carbocycles. The monoisotopic (exact) mass is 412 g/mol. The van der Waals surface area contributed by atoms with Crippen molar-refractivity contribution in [1.29, 1.82) is 0 Å². The van der Waals surface area contributed by atoms with Crippen LogP contribution in [0.3, 0.4) is 0 Å². The van der Waals surface area contributed by atoms with Gasteiger partial charge in [0.25, 0.3) is 0 Å². The lowest BCUT2D eigenvalue weighted by Crippen LogP contribution is -2.43. The van der Waals surface area contributed by atoms with Crippen molar-refractivity contribution >= 4 is 32.8 Å². The first-order chi connectivity index (χ1) is 11.8. The topological polar surface area (TPSA) is 81.6 Å². The van der Waals surface area contributed by atoms with Crippen molar-refractivity contribution in [3.63, 3.8) is 0 Å². The number of nitrogens with zero attached hydrogens (tertiary/aromatic N) is 4. The average molecular weight is 413 g/mol. The summed E-state index contributed by atoms with van der Waals surface area (Å²) in [4.78, 5) is 11.6. The van der Waals surface area contributed by atoms with Gasteiger partial charge in [-0.05, 0) is 22.0 Å². The van der Waals surface area contributed by atoms with Gasteiger partial charge in [0, 0.05) is 36.4 Å². The van der Waals surface area contributed by atoms with Crippen LogP contribution in [0.4, 0.5) is 19.1 Å². The van der Waals surface area contributed by atoms with E-state index in [4.69, 9.17) is 5.73 Å². The molecule has 130 valence electrons. The first kappa shape index (κ1) is 16.3. The summed E-state index contributed by atoms with van der Waals surface area (Å²) in [7, 11) is 0. The van der Waals surface area contributed by atoms with Crippen LogP contribution in [0.5, 0.6) is 0 Å². The number of hydrogen-bond donors (Lipinski definition) is 2. The van der Waals surface area contributed by atoms with Gasteiger partial charge in [-0.1, -0.05) is 0 Å². The quantitative estimate of drug-likeness (QED) is 0.632. The van der Waals surface area contributed by atoms with Gasteiger partial charge in [0.2, 0.25) is 5.95 Å². The lowest BCUT2D eigenvalue weighted by atomic mass is 10.1. The van der Waals surface area contributed by atoms with Crippen LogP contribution in [0.25, 0.3) is 22.2 Å². The summed E-state index contributed by atoms with van der Waals surface area (Å²) in [5.41, 5.74) is 5.51. The predicted molar refractivity (Wildman–Crippen MR) is 89.8 cm³/mol. The van der Waals surface area contributed by atoms with E-state index in [0.29, 0.717) is 15.6 Å². The van der Waals surface area contributed by atoms with Crippen molar-refractivity contribution in [2.45, 2.75) is 12.2 Å². The van der Waals surface area contributed by atoms with E-state index in [1.54, 1.807) is 18.5 Å². The zero-order valence-corrected chi connectivity index (χ0v) is 14.3. The summed E-state index contributed by atoms with van der Waals surface area (Å²) >= 11 is 3.28. The van der Waals surface area contributed by atoms with E-state index in [9.17, 15) is 13.2 Å². The van der Waals surface area contributed by atoms with E-state index >= 15 is 0 Å². The molecule has 10 heteroatoms. The Labute approximate surface area is 148 Å². The highest BCUT2D eigenvalue weighted by atomic mass is 79.9. The molecule has 0 saturated carbocycles. The zero-order chi connectivity index (χ0) is 17.8. The lowest BCUT2D eigenvalue weighted by Gasteiger charge is -2.29. The van der Waals surface area contributed by atoms with Gasteiger partial charge in [0.1, 0.15) is 10.2 Å². The van der Waals surface area contributed by atoms with Crippen LogP contribution in [0.1, 0.15) is 11.6 Å². The molecule has 3 aromatic rings. The summed E-state index contributed by atoms with van der Waals surface area (Å²) in [6.45, 7) is 1.49. The van der Waals surface area contributed by atoms with Gasteiger partial charge < -0.3 is 15.6 Å². The smallest absolute Gasteiger partial charge is 0.368 e. The zero-order valence-electron chi connectivity index (χ0n) is 12.7. The number of nitrogen functional groups attached to an aromatic ring is 1. The van der Waals surface area contributed by atoms with Crippen LogP contribution < -0.4 is 11.1 Å². The predicted octanol–water partition coefficient (Wildman–Crippen LogP) is 3.00. The highest BCUT2D eigenvalue weighted by Gasteiger charge is 2.36. The Balaban J connectivity index is 2.02. The lowest BCUT2D eigenvalue weighted by molar-refractivity contribution is -0.137. The van der Waals surface area contributed by atoms with Crippen molar-refractivity contribution in [3.05, 3.63) is 34.8 Å².